The SMILES string of the molecule is CC(C)[C@H](N)C(=O)N(C)CC1CCCC1.Cl. The number of likely N-dealkylation sites (N-methyl/N-ethyl adjacent to an activating group) is 1. The van der Waals surface area contributed by atoms with E-state index in [9.17, 15) is 4.79 Å². The van der Waals surface area contributed by atoms with Crippen LogP contribution >= 0.6 is 12.4 Å². The van der Waals surface area contributed by atoms with Gasteiger partial charge in [0.1, 0.15) is 0 Å². The van der Waals surface area contributed by atoms with Crippen LogP contribution in [0.2, 0.25) is 0 Å². The number of hydrogen-bond acceptors (Lipinski definition) is 2. The largest absolute Gasteiger partial charge is 0.344 e. The Morgan fingerprint density at radius 2 is 1.88 bits per heavy atom. The van der Waals surface area contributed by atoms with Gasteiger partial charge in [0.25, 0.3) is 0 Å². The molecule has 0 aromatic rings. The van der Waals surface area contributed by atoms with Gasteiger partial charge >= 0.3 is 0 Å². The minimum atomic E-state index is -0.337. The highest BCUT2D eigenvalue weighted by Gasteiger charge is 2.24. The van der Waals surface area contributed by atoms with Gasteiger partial charge in [-0.15, -0.1) is 12.4 Å². The molecular weight excluding hydrogens is 224 g/mol. The number of hydrogen-bond donors (Lipinski definition) is 1. The Morgan fingerprint density at radius 3 is 2.31 bits per heavy atom. The molecule has 0 heterocycles. The lowest BCUT2D eigenvalue weighted by Crippen LogP contribution is -2.46. The Bertz CT molecular complexity index is 215. The van der Waals surface area contributed by atoms with Gasteiger partial charge in [0.15, 0.2) is 0 Å². The van der Waals surface area contributed by atoms with Gasteiger partial charge in [0.2, 0.25) is 5.91 Å². The molecule has 1 aliphatic carbocycles. The Hall–Kier alpha value is -0.280. The molecule has 0 bridgehead atoms. The predicted octanol–water partition coefficient (Wildman–Crippen LogP) is 2.04. The van der Waals surface area contributed by atoms with Gasteiger partial charge in [-0.2, -0.15) is 0 Å². The highest BCUT2D eigenvalue weighted by molar-refractivity contribution is 5.85. The first-order valence-electron chi connectivity index (χ1n) is 6.03. The van der Waals surface area contributed by atoms with E-state index in [4.69, 9.17) is 5.73 Å². The Kier molecular flexibility index (Phi) is 7.00. The second-order valence-electron chi connectivity index (χ2n) is 5.14. The lowest BCUT2D eigenvalue weighted by molar-refractivity contribution is -0.132. The van der Waals surface area contributed by atoms with Crippen LogP contribution in [0.25, 0.3) is 0 Å². The van der Waals surface area contributed by atoms with Crippen molar-refractivity contribution in [2.45, 2.75) is 45.6 Å². The van der Waals surface area contributed by atoms with E-state index in [0.717, 1.165) is 6.54 Å². The summed E-state index contributed by atoms with van der Waals surface area (Å²) >= 11 is 0. The van der Waals surface area contributed by atoms with E-state index in [0.29, 0.717) is 5.92 Å². The van der Waals surface area contributed by atoms with Crippen LogP contribution < -0.4 is 5.73 Å². The molecule has 16 heavy (non-hydrogen) atoms. The van der Waals surface area contributed by atoms with Crippen molar-refractivity contribution < 1.29 is 4.79 Å². The van der Waals surface area contributed by atoms with Crippen molar-refractivity contribution in [1.29, 1.82) is 0 Å². The average Bonchev–Trinajstić information content (AvgIpc) is 2.67. The number of halogens is 1. The normalized spacial score (nSPS) is 18.3. The third-order valence-corrected chi connectivity index (χ3v) is 3.39. The predicted molar refractivity (Wildman–Crippen MR) is 69.7 cm³/mol. The van der Waals surface area contributed by atoms with Gasteiger partial charge in [-0.05, 0) is 24.7 Å². The molecule has 0 saturated heterocycles. The van der Waals surface area contributed by atoms with Crippen molar-refractivity contribution >= 4 is 18.3 Å². The van der Waals surface area contributed by atoms with Crippen LogP contribution in [0.15, 0.2) is 0 Å². The zero-order valence-corrected chi connectivity index (χ0v) is 11.4. The zero-order chi connectivity index (χ0) is 11.4. The lowest BCUT2D eigenvalue weighted by atomic mass is 10.0. The summed E-state index contributed by atoms with van der Waals surface area (Å²) in [5.74, 6) is 1.03. The van der Waals surface area contributed by atoms with E-state index in [1.165, 1.54) is 25.7 Å². The topological polar surface area (TPSA) is 46.3 Å². The van der Waals surface area contributed by atoms with Gasteiger partial charge < -0.3 is 10.6 Å². The van der Waals surface area contributed by atoms with Crippen molar-refractivity contribution in [3.8, 4) is 0 Å². The fourth-order valence-electron chi connectivity index (χ4n) is 2.21. The first kappa shape index (κ1) is 15.7. The summed E-state index contributed by atoms with van der Waals surface area (Å²) in [6.45, 7) is 4.87. The van der Waals surface area contributed by atoms with E-state index in [2.05, 4.69) is 0 Å². The molecule has 0 aromatic carbocycles. The molecule has 96 valence electrons. The third kappa shape index (κ3) is 4.30. The molecular formula is C12H25ClN2O. The second-order valence-corrected chi connectivity index (χ2v) is 5.14. The van der Waals surface area contributed by atoms with Crippen molar-refractivity contribution in [3.63, 3.8) is 0 Å². The Labute approximate surface area is 105 Å². The van der Waals surface area contributed by atoms with Crippen LogP contribution in [0.5, 0.6) is 0 Å². The van der Waals surface area contributed by atoms with Crippen LogP contribution in [0.4, 0.5) is 0 Å². The van der Waals surface area contributed by atoms with E-state index >= 15 is 0 Å². The highest BCUT2D eigenvalue weighted by Crippen LogP contribution is 2.25. The van der Waals surface area contributed by atoms with Crippen LogP contribution in [0.1, 0.15) is 39.5 Å². The summed E-state index contributed by atoms with van der Waals surface area (Å²) in [5, 5.41) is 0. The van der Waals surface area contributed by atoms with Crippen LogP contribution in [0.3, 0.4) is 0 Å². The summed E-state index contributed by atoms with van der Waals surface area (Å²) in [6.07, 6.45) is 5.19. The smallest absolute Gasteiger partial charge is 0.239 e. The van der Waals surface area contributed by atoms with Gasteiger partial charge in [-0.3, -0.25) is 4.79 Å². The second kappa shape index (κ2) is 7.13. The standard InChI is InChI=1S/C12H24N2O.ClH/c1-9(2)11(13)12(15)14(3)8-10-6-4-5-7-10;/h9-11H,4-8,13H2,1-3H3;1H/t11-;/m0./s1. The number of carbonyl (C=O) groups is 1. The minimum absolute atomic E-state index is 0. The van der Waals surface area contributed by atoms with Gasteiger partial charge in [-0.1, -0.05) is 26.7 Å². The molecule has 1 amide bonds. The maximum absolute atomic E-state index is 11.9. The molecule has 0 radical (unpaired) electrons. The molecule has 0 aromatic heterocycles. The number of rotatable bonds is 4. The quantitative estimate of drug-likeness (QED) is 0.828. The summed E-state index contributed by atoms with van der Waals surface area (Å²) in [4.78, 5) is 13.7. The summed E-state index contributed by atoms with van der Waals surface area (Å²) in [5.41, 5.74) is 5.84. The number of amides is 1. The first-order valence-corrected chi connectivity index (χ1v) is 6.03. The van der Waals surface area contributed by atoms with Crippen molar-refractivity contribution in [3.05, 3.63) is 0 Å². The van der Waals surface area contributed by atoms with E-state index in [1.54, 1.807) is 0 Å². The fourth-order valence-corrected chi connectivity index (χ4v) is 2.21. The molecule has 1 aliphatic rings. The molecule has 1 saturated carbocycles. The lowest BCUT2D eigenvalue weighted by Gasteiger charge is -2.25. The van der Waals surface area contributed by atoms with Crippen LogP contribution in [0, 0.1) is 11.8 Å². The molecule has 0 spiro atoms. The summed E-state index contributed by atoms with van der Waals surface area (Å²) < 4.78 is 0. The average molecular weight is 249 g/mol. The Balaban J connectivity index is 0.00000225. The highest BCUT2D eigenvalue weighted by atomic mass is 35.5. The molecule has 1 atom stereocenters. The minimum Gasteiger partial charge on any atom is -0.344 e. The van der Waals surface area contributed by atoms with Crippen molar-refractivity contribution in [2.24, 2.45) is 17.6 Å². The maximum Gasteiger partial charge on any atom is 0.239 e. The molecule has 3 nitrogen and oxygen atoms in total. The van der Waals surface area contributed by atoms with E-state index in [1.807, 2.05) is 25.8 Å². The first-order chi connectivity index (χ1) is 7.02. The van der Waals surface area contributed by atoms with Crippen molar-refractivity contribution in [1.82, 2.24) is 4.90 Å². The molecule has 1 rings (SSSR count). The molecule has 1 fully saturated rings. The van der Waals surface area contributed by atoms with Gasteiger partial charge in [0, 0.05) is 13.6 Å². The monoisotopic (exact) mass is 248 g/mol. The summed E-state index contributed by atoms with van der Waals surface area (Å²) in [7, 11) is 1.88. The van der Waals surface area contributed by atoms with Crippen LogP contribution in [-0.2, 0) is 4.79 Å². The molecule has 4 heteroatoms. The van der Waals surface area contributed by atoms with Crippen LogP contribution in [-0.4, -0.2) is 30.4 Å². The third-order valence-electron chi connectivity index (χ3n) is 3.39. The van der Waals surface area contributed by atoms with Crippen molar-refractivity contribution in [2.75, 3.05) is 13.6 Å². The van der Waals surface area contributed by atoms with E-state index < -0.39 is 0 Å². The number of nitrogens with two attached hydrogens (primary N) is 1. The van der Waals surface area contributed by atoms with Gasteiger partial charge in [-0.25, -0.2) is 0 Å². The summed E-state index contributed by atoms with van der Waals surface area (Å²) in [6, 6.07) is -0.337. The molecule has 2 N–H and O–H groups in total. The number of carbonyl (C=O) groups excluding carboxylic acids is 1. The zero-order valence-electron chi connectivity index (χ0n) is 10.6. The van der Waals surface area contributed by atoms with Gasteiger partial charge in [0.05, 0.1) is 6.04 Å². The van der Waals surface area contributed by atoms with E-state index in [-0.39, 0.29) is 30.3 Å². The number of nitrogens with zero attached hydrogens (tertiary/aromatic N) is 1. The maximum atomic E-state index is 11.9. The Morgan fingerprint density at radius 1 is 1.38 bits per heavy atom. The molecule has 0 unspecified atom stereocenters. The fraction of sp³-hybridized carbons (Fsp3) is 0.917. The molecule has 0 aliphatic heterocycles.